The molecule has 12 nitrogen and oxygen atoms in total. The van der Waals surface area contributed by atoms with Crippen molar-refractivity contribution in [1.82, 2.24) is 9.47 Å². The maximum absolute atomic E-state index is 15.5. The highest BCUT2D eigenvalue weighted by Crippen LogP contribution is 2.32. The summed E-state index contributed by atoms with van der Waals surface area (Å²) in [5.41, 5.74) is 1.16. The molecular weight excluding hydrogens is 674 g/mol. The lowest BCUT2D eigenvalue weighted by atomic mass is 10.0. The third-order valence-corrected chi connectivity index (χ3v) is 8.51. The Morgan fingerprint density at radius 2 is 1.88 bits per heavy atom. The van der Waals surface area contributed by atoms with Crippen LogP contribution in [0.1, 0.15) is 26.0 Å². The number of benzene rings is 2. The zero-order chi connectivity index (χ0) is 35.9. The largest absolute Gasteiger partial charge is 0.495 e. The smallest absolute Gasteiger partial charge is 0.406 e. The summed E-state index contributed by atoms with van der Waals surface area (Å²) in [7, 11) is -2.63. The number of carbonyl (C=O) groups is 2. The number of primary sulfonamides is 1. The van der Waals surface area contributed by atoms with E-state index >= 15 is 4.39 Å². The molecule has 0 bridgehead atoms. The average molecular weight is 712 g/mol. The van der Waals surface area contributed by atoms with E-state index in [4.69, 9.17) is 19.3 Å². The van der Waals surface area contributed by atoms with Crippen molar-refractivity contribution in [3.05, 3.63) is 48.2 Å². The third-order valence-electron chi connectivity index (χ3n) is 7.60. The first-order valence-electron chi connectivity index (χ1n) is 15.1. The molecule has 1 aromatic heterocycles. The first kappa shape index (κ1) is 37.3. The lowest BCUT2D eigenvalue weighted by Gasteiger charge is -2.36. The van der Waals surface area contributed by atoms with Crippen LogP contribution >= 0.6 is 0 Å². The van der Waals surface area contributed by atoms with Crippen LogP contribution in [0.15, 0.2) is 47.4 Å². The summed E-state index contributed by atoms with van der Waals surface area (Å²) in [4.78, 5) is 24.3. The summed E-state index contributed by atoms with van der Waals surface area (Å²) < 4.78 is 96.2. The first-order chi connectivity index (χ1) is 23.0. The first-order valence-corrected chi connectivity index (χ1v) is 16.6. The van der Waals surface area contributed by atoms with Gasteiger partial charge in [0.2, 0.25) is 10.0 Å². The number of rotatable bonds is 12. The SMILES string of the molecule is COc1cc(S(N)(=O)=O)ccc1NCC#Cc1cc2c(N[C@H]3CCN(CC(COC(C)=O)OC(C)=O)C[C@H]3F)cccc2n1CC(F)(F)F. The molecule has 2 aromatic carbocycles. The van der Waals surface area contributed by atoms with Gasteiger partial charge in [-0.25, -0.2) is 17.9 Å². The Bertz CT molecular complexity index is 1840. The number of fused-ring (bicyclic) bond motifs is 1. The number of likely N-dealkylation sites (tertiary alicyclic amines) is 1. The minimum atomic E-state index is -4.56. The molecule has 1 saturated heterocycles. The van der Waals surface area contributed by atoms with Crippen LogP contribution in [0.25, 0.3) is 10.9 Å². The van der Waals surface area contributed by atoms with Gasteiger partial charge in [-0.05, 0) is 42.7 Å². The molecule has 49 heavy (non-hydrogen) atoms. The van der Waals surface area contributed by atoms with E-state index in [-0.39, 0.29) is 48.1 Å². The number of alkyl halides is 4. The minimum Gasteiger partial charge on any atom is -0.495 e. The van der Waals surface area contributed by atoms with Gasteiger partial charge in [0.1, 0.15) is 31.2 Å². The fourth-order valence-electron chi connectivity index (χ4n) is 5.49. The van der Waals surface area contributed by atoms with Gasteiger partial charge in [0.15, 0.2) is 0 Å². The predicted molar refractivity (Wildman–Crippen MR) is 173 cm³/mol. The highest BCUT2D eigenvalue weighted by Gasteiger charge is 2.33. The molecule has 0 aliphatic carbocycles. The molecule has 1 fully saturated rings. The fourth-order valence-corrected chi connectivity index (χ4v) is 6.01. The second kappa shape index (κ2) is 15.8. The van der Waals surface area contributed by atoms with Crippen LogP contribution in [0.3, 0.4) is 0 Å². The zero-order valence-electron chi connectivity index (χ0n) is 27.0. The topological polar surface area (TPSA) is 154 Å². The van der Waals surface area contributed by atoms with E-state index in [0.717, 1.165) is 4.57 Å². The molecule has 3 aromatic rings. The number of halogens is 4. The molecule has 3 atom stereocenters. The number of carbonyl (C=O) groups excluding carboxylic acids is 2. The average Bonchev–Trinajstić information content (AvgIpc) is 3.35. The summed E-state index contributed by atoms with van der Waals surface area (Å²) in [6.07, 6.45) is -6.37. The van der Waals surface area contributed by atoms with Crippen LogP contribution in [-0.2, 0) is 35.6 Å². The van der Waals surface area contributed by atoms with E-state index in [0.29, 0.717) is 29.7 Å². The standard InChI is InChI=1S/C32H37F4N5O7S/c1-20(42)47-18-23(48-21(2)43)16-40-13-11-28(26(33)17-40)39-27-7-4-8-30-25(27)14-22(41(30)19-32(34,35)36)6-5-12-38-29-10-9-24(49(37,44)45)15-31(29)46-3/h4,7-10,14-15,23,26,28,38-39H,11-13,16-19H2,1-3H3,(H2,37,44,45)/t23?,26-,28+/m1/s1. The lowest BCUT2D eigenvalue weighted by molar-refractivity contribution is -0.157. The zero-order valence-corrected chi connectivity index (χ0v) is 27.8. The number of nitrogens with zero attached hydrogens (tertiary/aromatic N) is 2. The molecule has 0 amide bonds. The van der Waals surface area contributed by atoms with E-state index in [1.54, 1.807) is 17.0 Å². The van der Waals surface area contributed by atoms with E-state index in [1.165, 1.54) is 51.3 Å². The molecule has 17 heteroatoms. The number of esters is 2. The van der Waals surface area contributed by atoms with E-state index in [1.807, 2.05) is 0 Å². The summed E-state index contributed by atoms with van der Waals surface area (Å²) in [6, 6.07) is 9.56. The van der Waals surface area contributed by atoms with Gasteiger partial charge in [-0.1, -0.05) is 12.0 Å². The second-order valence-corrected chi connectivity index (χ2v) is 12.9. The van der Waals surface area contributed by atoms with Crippen LogP contribution in [-0.4, -0.2) is 94.2 Å². The maximum atomic E-state index is 15.5. The molecular formula is C32H37F4N5O7S. The second-order valence-electron chi connectivity index (χ2n) is 11.4. The van der Waals surface area contributed by atoms with Crippen molar-refractivity contribution in [3.63, 3.8) is 0 Å². The van der Waals surface area contributed by atoms with Gasteiger partial charge in [-0.15, -0.1) is 0 Å². The highest BCUT2D eigenvalue weighted by molar-refractivity contribution is 7.89. The van der Waals surface area contributed by atoms with Gasteiger partial charge >= 0.3 is 18.1 Å². The molecule has 2 heterocycles. The van der Waals surface area contributed by atoms with Crippen molar-refractivity contribution in [2.75, 3.05) is 50.5 Å². The van der Waals surface area contributed by atoms with Gasteiger partial charge in [-0.2, -0.15) is 13.2 Å². The third kappa shape index (κ3) is 10.5. The van der Waals surface area contributed by atoms with Crippen molar-refractivity contribution in [3.8, 4) is 17.6 Å². The predicted octanol–water partition coefficient (Wildman–Crippen LogP) is 3.64. The minimum absolute atomic E-state index is 0.0141. The summed E-state index contributed by atoms with van der Waals surface area (Å²) in [5, 5.41) is 11.7. The molecule has 4 N–H and O–H groups in total. The Balaban J connectivity index is 1.51. The number of hydrogen-bond donors (Lipinski definition) is 3. The molecule has 0 radical (unpaired) electrons. The van der Waals surface area contributed by atoms with Gasteiger partial charge in [0, 0.05) is 50.6 Å². The fraction of sp³-hybridized carbons (Fsp3) is 0.438. The van der Waals surface area contributed by atoms with Crippen LogP contribution < -0.4 is 20.5 Å². The Morgan fingerprint density at radius 1 is 1.12 bits per heavy atom. The quantitative estimate of drug-likeness (QED) is 0.144. The van der Waals surface area contributed by atoms with Gasteiger partial charge in [-0.3, -0.25) is 14.5 Å². The van der Waals surface area contributed by atoms with E-state index < -0.39 is 53.0 Å². The lowest BCUT2D eigenvalue weighted by Crippen LogP contribution is -2.50. The molecule has 1 aliphatic heterocycles. The summed E-state index contributed by atoms with van der Waals surface area (Å²) in [6.45, 7) is 1.52. The van der Waals surface area contributed by atoms with Crippen molar-refractivity contribution < 1.29 is 49.8 Å². The number of nitrogens with one attached hydrogen (secondary N) is 2. The van der Waals surface area contributed by atoms with Crippen LogP contribution in [0.2, 0.25) is 0 Å². The number of piperidine rings is 1. The van der Waals surface area contributed by atoms with Crippen molar-refractivity contribution in [1.29, 1.82) is 0 Å². The number of hydrogen-bond acceptors (Lipinski definition) is 10. The number of ether oxygens (including phenoxy) is 3. The van der Waals surface area contributed by atoms with Crippen LogP contribution in [0.4, 0.5) is 28.9 Å². The molecule has 0 saturated carbocycles. The molecule has 266 valence electrons. The molecule has 4 rings (SSSR count). The molecule has 1 aliphatic rings. The normalized spacial score (nSPS) is 17.5. The summed E-state index contributed by atoms with van der Waals surface area (Å²) >= 11 is 0. The van der Waals surface area contributed by atoms with Crippen molar-refractivity contribution in [2.45, 2.75) is 56.2 Å². The van der Waals surface area contributed by atoms with Crippen molar-refractivity contribution >= 4 is 44.2 Å². The Labute approximate surface area is 280 Å². The highest BCUT2D eigenvalue weighted by atomic mass is 32.2. The Kier molecular flexibility index (Phi) is 12.0. The monoisotopic (exact) mass is 711 g/mol. The van der Waals surface area contributed by atoms with Crippen molar-refractivity contribution in [2.24, 2.45) is 5.14 Å². The number of anilines is 2. The summed E-state index contributed by atoms with van der Waals surface area (Å²) in [5.74, 6) is 4.66. The van der Waals surface area contributed by atoms with Gasteiger partial charge in [0.05, 0.1) is 41.5 Å². The molecule has 0 spiro atoms. The van der Waals surface area contributed by atoms with Gasteiger partial charge < -0.3 is 29.4 Å². The number of sulfonamides is 1. The van der Waals surface area contributed by atoms with E-state index in [9.17, 15) is 31.2 Å². The van der Waals surface area contributed by atoms with Crippen LogP contribution in [0, 0.1) is 11.8 Å². The molecule has 1 unspecified atom stereocenters. The Hall–Kier alpha value is -4.53. The number of aromatic nitrogens is 1. The number of methoxy groups -OCH3 is 1. The van der Waals surface area contributed by atoms with E-state index in [2.05, 4.69) is 22.5 Å². The Morgan fingerprint density at radius 3 is 2.51 bits per heavy atom. The number of nitrogens with two attached hydrogens (primary N) is 1. The van der Waals surface area contributed by atoms with Crippen LogP contribution in [0.5, 0.6) is 5.75 Å². The maximum Gasteiger partial charge on any atom is 0.406 e. The van der Waals surface area contributed by atoms with Gasteiger partial charge in [0.25, 0.3) is 0 Å².